The maximum atomic E-state index is 12.3. The van der Waals surface area contributed by atoms with Crippen LogP contribution in [0.2, 0.25) is 0 Å². The summed E-state index contributed by atoms with van der Waals surface area (Å²) in [6.07, 6.45) is 2.79. The van der Waals surface area contributed by atoms with Crippen LogP contribution in [0.15, 0.2) is 24.3 Å². The molecule has 0 radical (unpaired) electrons. The first-order valence-corrected chi connectivity index (χ1v) is 8.45. The second-order valence-corrected chi connectivity index (χ2v) is 7.15. The number of hydrogen-bond donors (Lipinski definition) is 0. The number of carbonyl (C=O) groups is 1. The van der Waals surface area contributed by atoms with Crippen molar-refractivity contribution in [3.8, 4) is 6.07 Å². The largest absolute Gasteiger partial charge is 0.444 e. The minimum absolute atomic E-state index is 0.0620. The van der Waals surface area contributed by atoms with Gasteiger partial charge in [0.05, 0.1) is 30.9 Å². The lowest BCUT2D eigenvalue weighted by Gasteiger charge is -2.36. The number of nitriles is 1. The molecule has 1 atom stereocenters. The normalized spacial score (nSPS) is 18.1. The Bertz CT molecular complexity index is 584. The van der Waals surface area contributed by atoms with Gasteiger partial charge in [-0.1, -0.05) is 12.1 Å². The SMILES string of the molecule is CC(C)(C)OC(=O)N1CCCCC1COCc1ccc(C#N)cc1. The molecule has 1 aliphatic rings. The van der Waals surface area contributed by atoms with E-state index in [-0.39, 0.29) is 12.1 Å². The molecule has 5 nitrogen and oxygen atoms in total. The molecule has 0 aromatic heterocycles. The number of likely N-dealkylation sites (tertiary alicyclic amines) is 1. The molecule has 0 bridgehead atoms. The van der Waals surface area contributed by atoms with Crippen LogP contribution in [0.25, 0.3) is 0 Å². The fourth-order valence-corrected chi connectivity index (χ4v) is 2.72. The standard InChI is InChI=1S/C19H26N2O3/c1-19(2,3)24-18(22)21-11-5-4-6-17(21)14-23-13-16-9-7-15(12-20)8-10-16/h7-10,17H,4-6,11,13-14H2,1-3H3. The van der Waals surface area contributed by atoms with Gasteiger partial charge in [-0.15, -0.1) is 0 Å². The van der Waals surface area contributed by atoms with Crippen LogP contribution >= 0.6 is 0 Å². The molecule has 1 aliphatic heterocycles. The van der Waals surface area contributed by atoms with E-state index < -0.39 is 5.60 Å². The van der Waals surface area contributed by atoms with Gasteiger partial charge in [-0.2, -0.15) is 5.26 Å². The van der Waals surface area contributed by atoms with Crippen molar-refractivity contribution in [2.24, 2.45) is 0 Å². The first-order valence-electron chi connectivity index (χ1n) is 8.45. The summed E-state index contributed by atoms with van der Waals surface area (Å²) in [5.41, 5.74) is 1.18. The molecule has 1 heterocycles. The third kappa shape index (κ3) is 5.54. The Labute approximate surface area is 144 Å². The van der Waals surface area contributed by atoms with Crippen LogP contribution in [-0.2, 0) is 16.1 Å². The first kappa shape index (κ1) is 18.3. The number of benzene rings is 1. The molecule has 0 aliphatic carbocycles. The number of rotatable bonds is 4. The summed E-state index contributed by atoms with van der Waals surface area (Å²) in [5, 5.41) is 8.81. The quantitative estimate of drug-likeness (QED) is 0.841. The van der Waals surface area contributed by atoms with Gasteiger partial charge in [0, 0.05) is 6.54 Å². The Balaban J connectivity index is 1.86. The molecule has 1 fully saturated rings. The lowest BCUT2D eigenvalue weighted by Crippen LogP contribution is -2.48. The highest BCUT2D eigenvalue weighted by molar-refractivity contribution is 5.68. The van der Waals surface area contributed by atoms with Gasteiger partial charge in [0.25, 0.3) is 0 Å². The van der Waals surface area contributed by atoms with E-state index in [4.69, 9.17) is 14.7 Å². The molecule has 1 amide bonds. The van der Waals surface area contributed by atoms with E-state index in [1.165, 1.54) is 0 Å². The van der Waals surface area contributed by atoms with Gasteiger partial charge in [-0.3, -0.25) is 0 Å². The maximum Gasteiger partial charge on any atom is 0.410 e. The number of hydrogen-bond acceptors (Lipinski definition) is 4. The predicted octanol–water partition coefficient (Wildman–Crippen LogP) is 3.86. The van der Waals surface area contributed by atoms with Crippen molar-refractivity contribution in [2.45, 2.75) is 58.3 Å². The third-order valence-corrected chi connectivity index (χ3v) is 3.92. The molecule has 0 spiro atoms. The summed E-state index contributed by atoms with van der Waals surface area (Å²) in [7, 11) is 0. The van der Waals surface area contributed by atoms with Crippen molar-refractivity contribution < 1.29 is 14.3 Å². The molecule has 24 heavy (non-hydrogen) atoms. The van der Waals surface area contributed by atoms with E-state index in [1.807, 2.05) is 32.9 Å². The fourth-order valence-electron chi connectivity index (χ4n) is 2.72. The molecule has 0 N–H and O–H groups in total. The summed E-state index contributed by atoms with van der Waals surface area (Å²) in [5.74, 6) is 0. The van der Waals surface area contributed by atoms with Crippen LogP contribution in [0.5, 0.6) is 0 Å². The Morgan fingerprint density at radius 1 is 1.29 bits per heavy atom. The van der Waals surface area contributed by atoms with Crippen LogP contribution in [0.3, 0.4) is 0 Å². The Hall–Kier alpha value is -2.06. The van der Waals surface area contributed by atoms with Crippen LogP contribution in [-0.4, -0.2) is 35.8 Å². The van der Waals surface area contributed by atoms with E-state index in [0.717, 1.165) is 31.4 Å². The van der Waals surface area contributed by atoms with Gasteiger partial charge in [0.15, 0.2) is 0 Å². The minimum Gasteiger partial charge on any atom is -0.444 e. The molecule has 1 unspecified atom stereocenters. The number of nitrogens with zero attached hydrogens (tertiary/aromatic N) is 2. The zero-order valence-corrected chi connectivity index (χ0v) is 14.7. The van der Waals surface area contributed by atoms with E-state index in [2.05, 4.69) is 6.07 Å². The van der Waals surface area contributed by atoms with Gasteiger partial charge in [-0.25, -0.2) is 4.79 Å². The first-order chi connectivity index (χ1) is 11.4. The molecular formula is C19H26N2O3. The van der Waals surface area contributed by atoms with Crippen molar-refractivity contribution in [3.05, 3.63) is 35.4 Å². The van der Waals surface area contributed by atoms with Crippen molar-refractivity contribution >= 4 is 6.09 Å². The number of ether oxygens (including phenoxy) is 2. The summed E-state index contributed by atoms with van der Waals surface area (Å²) in [4.78, 5) is 14.1. The smallest absolute Gasteiger partial charge is 0.410 e. The Kier molecular flexibility index (Phi) is 6.22. The zero-order chi connectivity index (χ0) is 17.6. The van der Waals surface area contributed by atoms with Gasteiger partial charge >= 0.3 is 6.09 Å². The second-order valence-electron chi connectivity index (χ2n) is 7.15. The molecular weight excluding hydrogens is 304 g/mol. The summed E-state index contributed by atoms with van der Waals surface area (Å²) >= 11 is 0. The maximum absolute atomic E-state index is 12.3. The highest BCUT2D eigenvalue weighted by Crippen LogP contribution is 2.21. The lowest BCUT2D eigenvalue weighted by molar-refractivity contribution is -0.00997. The highest BCUT2D eigenvalue weighted by atomic mass is 16.6. The van der Waals surface area contributed by atoms with E-state index in [0.29, 0.717) is 18.8 Å². The summed E-state index contributed by atoms with van der Waals surface area (Å²) in [6, 6.07) is 9.52. The molecule has 5 heteroatoms. The molecule has 130 valence electrons. The molecule has 0 saturated carbocycles. The van der Waals surface area contributed by atoms with E-state index >= 15 is 0 Å². The molecule has 1 aromatic rings. The topological polar surface area (TPSA) is 62.6 Å². The average Bonchev–Trinajstić information content (AvgIpc) is 2.54. The summed E-state index contributed by atoms with van der Waals surface area (Å²) < 4.78 is 11.3. The van der Waals surface area contributed by atoms with Crippen molar-refractivity contribution in [3.63, 3.8) is 0 Å². The minimum atomic E-state index is -0.484. The average molecular weight is 330 g/mol. The van der Waals surface area contributed by atoms with Gasteiger partial charge in [0.1, 0.15) is 5.60 Å². The van der Waals surface area contributed by atoms with Crippen molar-refractivity contribution in [1.82, 2.24) is 4.90 Å². The van der Waals surface area contributed by atoms with Gasteiger partial charge in [-0.05, 0) is 57.7 Å². The molecule has 1 aromatic carbocycles. The van der Waals surface area contributed by atoms with Crippen LogP contribution in [0, 0.1) is 11.3 Å². The van der Waals surface area contributed by atoms with Gasteiger partial charge in [0.2, 0.25) is 0 Å². The lowest BCUT2D eigenvalue weighted by atomic mass is 10.0. The van der Waals surface area contributed by atoms with E-state index in [1.54, 1.807) is 17.0 Å². The van der Waals surface area contributed by atoms with Crippen molar-refractivity contribution in [2.75, 3.05) is 13.2 Å². The monoisotopic (exact) mass is 330 g/mol. The van der Waals surface area contributed by atoms with Crippen LogP contribution in [0.1, 0.15) is 51.2 Å². The zero-order valence-electron chi connectivity index (χ0n) is 14.7. The predicted molar refractivity (Wildman–Crippen MR) is 91.4 cm³/mol. The number of carbonyl (C=O) groups excluding carboxylic acids is 1. The summed E-state index contributed by atoms with van der Waals surface area (Å²) in [6.45, 7) is 7.34. The van der Waals surface area contributed by atoms with Crippen molar-refractivity contribution in [1.29, 1.82) is 5.26 Å². The molecule has 1 saturated heterocycles. The highest BCUT2D eigenvalue weighted by Gasteiger charge is 2.30. The number of piperidine rings is 1. The van der Waals surface area contributed by atoms with Crippen LogP contribution < -0.4 is 0 Å². The van der Waals surface area contributed by atoms with Gasteiger partial charge < -0.3 is 14.4 Å². The Morgan fingerprint density at radius 3 is 2.62 bits per heavy atom. The second kappa shape index (κ2) is 8.16. The van der Waals surface area contributed by atoms with Crippen LogP contribution in [0.4, 0.5) is 4.79 Å². The number of amides is 1. The van der Waals surface area contributed by atoms with E-state index in [9.17, 15) is 4.79 Å². The molecule has 2 rings (SSSR count). The fraction of sp³-hybridized carbons (Fsp3) is 0.579. The third-order valence-electron chi connectivity index (χ3n) is 3.92. The Morgan fingerprint density at radius 2 is 2.00 bits per heavy atom.